The number of aromatic nitrogens is 2. The predicted molar refractivity (Wildman–Crippen MR) is 83.7 cm³/mol. The Bertz CT molecular complexity index is 593. The van der Waals surface area contributed by atoms with Gasteiger partial charge in [0.2, 0.25) is 0 Å². The molecule has 0 aliphatic rings. The number of ether oxygens (including phenoxy) is 1. The lowest BCUT2D eigenvalue weighted by Crippen LogP contribution is -2.09. The molecule has 1 aromatic carbocycles. The summed E-state index contributed by atoms with van der Waals surface area (Å²) in [5, 5.41) is 4.42. The minimum atomic E-state index is -0.0594. The molecule has 1 heterocycles. The van der Waals surface area contributed by atoms with Crippen molar-refractivity contribution in [3.63, 3.8) is 0 Å². The SMILES string of the molecule is CCc1cc(COc2cc(Br)ccc2C(C)N)n(C)n1. The van der Waals surface area contributed by atoms with Gasteiger partial charge >= 0.3 is 0 Å². The van der Waals surface area contributed by atoms with Crippen LogP contribution in [0.1, 0.15) is 36.8 Å². The molecule has 0 aliphatic heterocycles. The molecule has 0 spiro atoms. The Kier molecular flexibility index (Phi) is 4.83. The molecule has 0 radical (unpaired) electrons. The van der Waals surface area contributed by atoms with Crippen LogP contribution in [-0.2, 0) is 20.1 Å². The fraction of sp³-hybridized carbons (Fsp3) is 0.400. The van der Waals surface area contributed by atoms with Crippen LogP contribution in [0.2, 0.25) is 0 Å². The summed E-state index contributed by atoms with van der Waals surface area (Å²) in [6.45, 7) is 4.53. The second kappa shape index (κ2) is 6.41. The van der Waals surface area contributed by atoms with E-state index < -0.39 is 0 Å². The van der Waals surface area contributed by atoms with Gasteiger partial charge in [-0.3, -0.25) is 4.68 Å². The molecule has 0 bridgehead atoms. The van der Waals surface area contributed by atoms with Gasteiger partial charge in [-0.1, -0.05) is 28.9 Å². The van der Waals surface area contributed by atoms with Gasteiger partial charge in [0.15, 0.2) is 0 Å². The Morgan fingerprint density at radius 3 is 2.75 bits per heavy atom. The molecular formula is C15H20BrN3O. The molecule has 1 atom stereocenters. The topological polar surface area (TPSA) is 53.1 Å². The Balaban J connectivity index is 2.17. The number of rotatable bonds is 5. The Morgan fingerprint density at radius 1 is 1.40 bits per heavy atom. The molecule has 0 saturated heterocycles. The molecule has 0 fully saturated rings. The average molecular weight is 338 g/mol. The predicted octanol–water partition coefficient (Wildman–Crippen LogP) is 3.34. The van der Waals surface area contributed by atoms with Crippen molar-refractivity contribution >= 4 is 15.9 Å². The molecule has 2 N–H and O–H groups in total. The summed E-state index contributed by atoms with van der Waals surface area (Å²) < 4.78 is 8.78. The molecule has 0 aliphatic carbocycles. The first-order valence-corrected chi connectivity index (χ1v) is 7.50. The lowest BCUT2D eigenvalue weighted by Gasteiger charge is -2.14. The number of nitrogens with two attached hydrogens (primary N) is 1. The largest absolute Gasteiger partial charge is 0.487 e. The maximum Gasteiger partial charge on any atom is 0.130 e. The van der Waals surface area contributed by atoms with E-state index in [2.05, 4.69) is 34.0 Å². The smallest absolute Gasteiger partial charge is 0.130 e. The first kappa shape index (κ1) is 15.1. The van der Waals surface area contributed by atoms with E-state index in [4.69, 9.17) is 10.5 Å². The molecule has 2 aromatic rings. The molecule has 1 aromatic heterocycles. The van der Waals surface area contributed by atoms with Crippen LogP contribution in [0.3, 0.4) is 0 Å². The van der Waals surface area contributed by atoms with Crippen molar-refractivity contribution in [3.05, 3.63) is 45.7 Å². The summed E-state index contributed by atoms with van der Waals surface area (Å²) >= 11 is 3.46. The third-order valence-electron chi connectivity index (χ3n) is 3.23. The fourth-order valence-corrected chi connectivity index (χ4v) is 2.38. The van der Waals surface area contributed by atoms with E-state index in [1.165, 1.54) is 0 Å². The third-order valence-corrected chi connectivity index (χ3v) is 3.72. The average Bonchev–Trinajstić information content (AvgIpc) is 2.76. The molecule has 5 heteroatoms. The Hall–Kier alpha value is -1.33. The minimum Gasteiger partial charge on any atom is -0.487 e. The molecular weight excluding hydrogens is 318 g/mol. The lowest BCUT2D eigenvalue weighted by molar-refractivity contribution is 0.290. The second-order valence-corrected chi connectivity index (χ2v) is 5.78. The van der Waals surface area contributed by atoms with E-state index in [0.29, 0.717) is 6.61 Å². The van der Waals surface area contributed by atoms with Crippen LogP contribution in [0.15, 0.2) is 28.7 Å². The minimum absolute atomic E-state index is 0.0594. The quantitative estimate of drug-likeness (QED) is 0.910. The first-order valence-electron chi connectivity index (χ1n) is 6.71. The third kappa shape index (κ3) is 3.41. The van der Waals surface area contributed by atoms with Gasteiger partial charge in [0, 0.05) is 23.1 Å². The van der Waals surface area contributed by atoms with Crippen LogP contribution in [0.5, 0.6) is 5.75 Å². The van der Waals surface area contributed by atoms with Gasteiger partial charge in [-0.25, -0.2) is 0 Å². The second-order valence-electron chi connectivity index (χ2n) is 4.86. The van der Waals surface area contributed by atoms with E-state index in [1.807, 2.05) is 36.9 Å². The van der Waals surface area contributed by atoms with E-state index in [9.17, 15) is 0 Å². The van der Waals surface area contributed by atoms with Crippen LogP contribution in [0, 0.1) is 0 Å². The highest BCUT2D eigenvalue weighted by Crippen LogP contribution is 2.28. The first-order chi connectivity index (χ1) is 9.51. The van der Waals surface area contributed by atoms with Gasteiger partial charge in [-0.2, -0.15) is 5.10 Å². The van der Waals surface area contributed by atoms with Crippen molar-refractivity contribution in [1.29, 1.82) is 0 Å². The van der Waals surface area contributed by atoms with Crippen LogP contribution in [0.4, 0.5) is 0 Å². The molecule has 0 amide bonds. The number of nitrogens with zero attached hydrogens (tertiary/aromatic N) is 2. The summed E-state index contributed by atoms with van der Waals surface area (Å²) in [6.07, 6.45) is 0.926. The van der Waals surface area contributed by atoms with Crippen LogP contribution >= 0.6 is 15.9 Å². The maximum absolute atomic E-state index is 5.98. The van der Waals surface area contributed by atoms with Gasteiger partial charge in [0.1, 0.15) is 12.4 Å². The van der Waals surface area contributed by atoms with Crippen molar-refractivity contribution in [2.45, 2.75) is 32.9 Å². The van der Waals surface area contributed by atoms with Crippen LogP contribution < -0.4 is 10.5 Å². The number of hydrogen-bond acceptors (Lipinski definition) is 3. The van der Waals surface area contributed by atoms with Gasteiger partial charge in [-0.05, 0) is 31.5 Å². The van der Waals surface area contributed by atoms with E-state index in [0.717, 1.165) is 33.6 Å². The number of aryl methyl sites for hydroxylation is 2. The highest BCUT2D eigenvalue weighted by atomic mass is 79.9. The van der Waals surface area contributed by atoms with E-state index in [1.54, 1.807) is 0 Å². The summed E-state index contributed by atoms with van der Waals surface area (Å²) in [5.74, 6) is 0.814. The van der Waals surface area contributed by atoms with Crippen LogP contribution in [0.25, 0.3) is 0 Å². The van der Waals surface area contributed by atoms with Crippen molar-refractivity contribution in [2.24, 2.45) is 12.8 Å². The van der Waals surface area contributed by atoms with Crippen molar-refractivity contribution in [1.82, 2.24) is 9.78 Å². The van der Waals surface area contributed by atoms with Crippen LogP contribution in [-0.4, -0.2) is 9.78 Å². The molecule has 1 unspecified atom stereocenters. The highest BCUT2D eigenvalue weighted by Gasteiger charge is 2.10. The molecule has 4 nitrogen and oxygen atoms in total. The zero-order valence-corrected chi connectivity index (χ0v) is 13.6. The zero-order chi connectivity index (χ0) is 14.7. The fourth-order valence-electron chi connectivity index (χ4n) is 2.04. The van der Waals surface area contributed by atoms with Gasteiger partial charge in [-0.15, -0.1) is 0 Å². The van der Waals surface area contributed by atoms with Gasteiger partial charge in [0.25, 0.3) is 0 Å². The normalized spacial score (nSPS) is 12.4. The summed E-state index contributed by atoms with van der Waals surface area (Å²) in [7, 11) is 1.94. The van der Waals surface area contributed by atoms with Gasteiger partial charge < -0.3 is 10.5 Å². The standard InChI is InChI=1S/C15H20BrN3O/c1-4-12-8-13(19(3)18-12)9-20-15-7-11(16)5-6-14(15)10(2)17/h5-8,10H,4,9,17H2,1-3H3. The Labute approximate surface area is 128 Å². The zero-order valence-electron chi connectivity index (χ0n) is 12.1. The highest BCUT2D eigenvalue weighted by molar-refractivity contribution is 9.10. The molecule has 0 saturated carbocycles. The molecule has 20 heavy (non-hydrogen) atoms. The summed E-state index contributed by atoms with van der Waals surface area (Å²) in [6, 6.07) is 7.94. The molecule has 108 valence electrons. The number of halogens is 1. The van der Waals surface area contributed by atoms with E-state index >= 15 is 0 Å². The number of hydrogen-bond donors (Lipinski definition) is 1. The van der Waals surface area contributed by atoms with Crippen molar-refractivity contribution in [3.8, 4) is 5.75 Å². The van der Waals surface area contributed by atoms with Crippen molar-refractivity contribution in [2.75, 3.05) is 0 Å². The number of benzene rings is 1. The van der Waals surface area contributed by atoms with E-state index in [-0.39, 0.29) is 6.04 Å². The summed E-state index contributed by atoms with van der Waals surface area (Å²) in [5.41, 5.74) is 9.11. The van der Waals surface area contributed by atoms with Crippen molar-refractivity contribution < 1.29 is 4.74 Å². The molecule has 2 rings (SSSR count). The maximum atomic E-state index is 5.98. The van der Waals surface area contributed by atoms with Gasteiger partial charge in [0.05, 0.1) is 11.4 Å². The summed E-state index contributed by atoms with van der Waals surface area (Å²) in [4.78, 5) is 0. The monoisotopic (exact) mass is 337 g/mol. The lowest BCUT2D eigenvalue weighted by atomic mass is 10.1. The Morgan fingerprint density at radius 2 is 2.15 bits per heavy atom.